The number of fused-ring (bicyclic) bond motifs is 1. The Kier molecular flexibility index (Phi) is 5.23. The van der Waals surface area contributed by atoms with Gasteiger partial charge in [-0.1, -0.05) is 37.3 Å². The highest BCUT2D eigenvalue weighted by atomic mass is 16.5. The summed E-state index contributed by atoms with van der Waals surface area (Å²) in [5, 5.41) is 8.66. The van der Waals surface area contributed by atoms with E-state index in [0.29, 0.717) is 6.04 Å². The zero-order chi connectivity index (χ0) is 19.5. The quantitative estimate of drug-likeness (QED) is 0.406. The van der Waals surface area contributed by atoms with Crippen molar-refractivity contribution in [2.75, 3.05) is 19.6 Å². The standard InChI is InChI=1S/C22H24N4O2/c1-2-25-13-12-18(15-25)26-20-9-4-3-8-19(20)23-22(26)17-7-5-6-16(14-17)10-11-21(27)24-28/h3-11,14,18,28H,2,12-13,15H2,1H3,(H,24,27)/b11-10+. The van der Waals surface area contributed by atoms with Crippen LogP contribution < -0.4 is 5.48 Å². The lowest BCUT2D eigenvalue weighted by atomic mass is 10.1. The van der Waals surface area contributed by atoms with Crippen molar-refractivity contribution >= 4 is 23.0 Å². The van der Waals surface area contributed by atoms with Crippen molar-refractivity contribution in [2.24, 2.45) is 0 Å². The highest BCUT2D eigenvalue weighted by molar-refractivity contribution is 5.91. The van der Waals surface area contributed by atoms with Gasteiger partial charge in [-0.15, -0.1) is 0 Å². The zero-order valence-electron chi connectivity index (χ0n) is 15.9. The monoisotopic (exact) mass is 376 g/mol. The number of likely N-dealkylation sites (N-methyl/N-ethyl adjacent to an activating group) is 1. The molecule has 1 saturated heterocycles. The number of aromatic nitrogens is 2. The second kappa shape index (κ2) is 7.96. The number of likely N-dealkylation sites (tertiary alicyclic amines) is 1. The first kappa shape index (κ1) is 18.4. The molecule has 4 rings (SSSR count). The van der Waals surface area contributed by atoms with E-state index >= 15 is 0 Å². The first-order valence-electron chi connectivity index (χ1n) is 9.61. The van der Waals surface area contributed by atoms with Gasteiger partial charge in [-0.05, 0) is 42.8 Å². The number of carbonyl (C=O) groups is 1. The molecule has 1 atom stereocenters. The summed E-state index contributed by atoms with van der Waals surface area (Å²) in [6.07, 6.45) is 4.09. The predicted octanol–water partition coefficient (Wildman–Crippen LogP) is 3.49. The average molecular weight is 376 g/mol. The van der Waals surface area contributed by atoms with Crippen molar-refractivity contribution in [3.8, 4) is 11.4 Å². The highest BCUT2D eigenvalue weighted by Crippen LogP contribution is 2.33. The Morgan fingerprint density at radius 1 is 1.29 bits per heavy atom. The van der Waals surface area contributed by atoms with E-state index in [1.807, 2.05) is 30.3 Å². The van der Waals surface area contributed by atoms with E-state index in [1.165, 1.54) is 6.08 Å². The van der Waals surface area contributed by atoms with E-state index in [2.05, 4.69) is 34.6 Å². The van der Waals surface area contributed by atoms with Gasteiger partial charge in [0.1, 0.15) is 5.82 Å². The average Bonchev–Trinajstić information content (AvgIpc) is 3.36. The molecule has 1 amide bonds. The normalized spacial score (nSPS) is 17.6. The number of nitrogens with one attached hydrogen (secondary N) is 1. The van der Waals surface area contributed by atoms with Gasteiger partial charge in [-0.25, -0.2) is 10.5 Å². The van der Waals surface area contributed by atoms with Gasteiger partial charge in [-0.3, -0.25) is 10.0 Å². The van der Waals surface area contributed by atoms with Crippen LogP contribution in [0.2, 0.25) is 0 Å². The molecule has 2 aromatic carbocycles. The summed E-state index contributed by atoms with van der Waals surface area (Å²) in [6, 6.07) is 16.6. The molecule has 2 heterocycles. The maximum absolute atomic E-state index is 11.3. The van der Waals surface area contributed by atoms with E-state index in [0.717, 1.165) is 54.0 Å². The van der Waals surface area contributed by atoms with Crippen LogP contribution in [0.5, 0.6) is 0 Å². The minimum absolute atomic E-state index is 0.390. The molecule has 0 saturated carbocycles. The number of hydrogen-bond donors (Lipinski definition) is 2. The molecule has 28 heavy (non-hydrogen) atoms. The minimum atomic E-state index is -0.553. The largest absolute Gasteiger partial charge is 0.319 e. The Bertz CT molecular complexity index is 1020. The topological polar surface area (TPSA) is 70.4 Å². The lowest BCUT2D eigenvalue weighted by molar-refractivity contribution is -0.124. The summed E-state index contributed by atoms with van der Waals surface area (Å²) in [5.41, 5.74) is 5.64. The van der Waals surface area contributed by atoms with E-state index in [4.69, 9.17) is 10.2 Å². The number of rotatable bonds is 5. The maximum Gasteiger partial charge on any atom is 0.267 e. The molecule has 0 bridgehead atoms. The molecule has 6 heteroatoms. The fourth-order valence-corrected chi connectivity index (χ4v) is 3.92. The van der Waals surface area contributed by atoms with Gasteiger partial charge in [0.2, 0.25) is 0 Å². The molecule has 6 nitrogen and oxygen atoms in total. The van der Waals surface area contributed by atoms with Crippen LogP contribution in [0, 0.1) is 0 Å². The number of carbonyl (C=O) groups excluding carboxylic acids is 1. The van der Waals surface area contributed by atoms with Crippen LogP contribution in [-0.4, -0.2) is 45.2 Å². The van der Waals surface area contributed by atoms with Gasteiger partial charge in [0.15, 0.2) is 0 Å². The molecule has 1 fully saturated rings. The molecular weight excluding hydrogens is 352 g/mol. The summed E-state index contributed by atoms with van der Waals surface area (Å²) >= 11 is 0. The second-order valence-electron chi connectivity index (χ2n) is 7.06. The molecule has 3 aromatic rings. The summed E-state index contributed by atoms with van der Waals surface area (Å²) in [4.78, 5) is 18.7. The van der Waals surface area contributed by atoms with Crippen LogP contribution in [0.3, 0.4) is 0 Å². The summed E-state index contributed by atoms with van der Waals surface area (Å²) in [7, 11) is 0. The molecule has 1 aliphatic rings. The van der Waals surface area contributed by atoms with Gasteiger partial charge < -0.3 is 9.47 Å². The smallest absolute Gasteiger partial charge is 0.267 e. The third kappa shape index (κ3) is 3.56. The lowest BCUT2D eigenvalue weighted by Crippen LogP contribution is -2.21. The second-order valence-corrected chi connectivity index (χ2v) is 7.06. The van der Waals surface area contributed by atoms with Crippen molar-refractivity contribution in [3.05, 3.63) is 60.2 Å². The minimum Gasteiger partial charge on any atom is -0.319 e. The Labute approximate surface area is 164 Å². The lowest BCUT2D eigenvalue weighted by Gasteiger charge is -2.18. The molecule has 2 N–H and O–H groups in total. The number of benzene rings is 2. The summed E-state index contributed by atoms with van der Waals surface area (Å²) in [6.45, 7) is 5.39. The van der Waals surface area contributed by atoms with Crippen LogP contribution in [0.1, 0.15) is 24.9 Å². The van der Waals surface area contributed by atoms with Crippen molar-refractivity contribution in [3.63, 3.8) is 0 Å². The summed E-state index contributed by atoms with van der Waals surface area (Å²) in [5.74, 6) is 0.397. The number of hydrogen-bond acceptors (Lipinski definition) is 4. The van der Waals surface area contributed by atoms with Gasteiger partial charge in [0.25, 0.3) is 5.91 Å². The molecule has 0 aliphatic carbocycles. The number of hydroxylamine groups is 1. The molecule has 144 valence electrons. The first-order chi connectivity index (χ1) is 13.7. The van der Waals surface area contributed by atoms with Crippen LogP contribution in [0.4, 0.5) is 0 Å². The van der Waals surface area contributed by atoms with Gasteiger partial charge in [-0.2, -0.15) is 0 Å². The van der Waals surface area contributed by atoms with Gasteiger partial charge in [0, 0.05) is 30.8 Å². The van der Waals surface area contributed by atoms with E-state index in [-0.39, 0.29) is 0 Å². The Balaban J connectivity index is 1.78. The first-order valence-corrected chi connectivity index (χ1v) is 9.61. The fourth-order valence-electron chi connectivity index (χ4n) is 3.92. The predicted molar refractivity (Wildman–Crippen MR) is 110 cm³/mol. The molecule has 0 radical (unpaired) electrons. The fraction of sp³-hybridized carbons (Fsp3) is 0.273. The number of nitrogens with zero attached hydrogens (tertiary/aromatic N) is 3. The van der Waals surface area contributed by atoms with Crippen molar-refractivity contribution < 1.29 is 10.0 Å². The van der Waals surface area contributed by atoms with Crippen LogP contribution in [0.25, 0.3) is 28.5 Å². The van der Waals surface area contributed by atoms with Crippen LogP contribution in [-0.2, 0) is 4.79 Å². The van der Waals surface area contributed by atoms with Crippen molar-refractivity contribution in [2.45, 2.75) is 19.4 Å². The zero-order valence-corrected chi connectivity index (χ0v) is 15.9. The van der Waals surface area contributed by atoms with E-state index in [1.54, 1.807) is 11.6 Å². The van der Waals surface area contributed by atoms with E-state index in [9.17, 15) is 4.79 Å². The molecule has 1 unspecified atom stereocenters. The number of para-hydroxylation sites is 2. The summed E-state index contributed by atoms with van der Waals surface area (Å²) < 4.78 is 2.37. The third-order valence-electron chi connectivity index (χ3n) is 5.34. The Morgan fingerprint density at radius 3 is 2.93 bits per heavy atom. The van der Waals surface area contributed by atoms with Crippen LogP contribution in [0.15, 0.2) is 54.6 Å². The number of imidazole rings is 1. The van der Waals surface area contributed by atoms with Crippen LogP contribution >= 0.6 is 0 Å². The van der Waals surface area contributed by atoms with Crippen molar-refractivity contribution in [1.29, 1.82) is 0 Å². The third-order valence-corrected chi connectivity index (χ3v) is 5.34. The van der Waals surface area contributed by atoms with Gasteiger partial charge in [0.05, 0.1) is 11.0 Å². The van der Waals surface area contributed by atoms with Crippen molar-refractivity contribution in [1.82, 2.24) is 19.9 Å². The Hall–Kier alpha value is -2.96. The Morgan fingerprint density at radius 2 is 2.14 bits per heavy atom. The maximum atomic E-state index is 11.3. The SMILES string of the molecule is CCN1CCC(n2c(-c3cccc(/C=C/C(=O)NO)c3)nc3ccccc32)C1. The van der Waals surface area contributed by atoms with E-state index < -0.39 is 5.91 Å². The molecular formula is C22H24N4O2. The molecule has 1 aliphatic heterocycles. The molecule has 1 aromatic heterocycles. The number of amides is 1. The molecule has 0 spiro atoms. The highest BCUT2D eigenvalue weighted by Gasteiger charge is 2.26. The van der Waals surface area contributed by atoms with Gasteiger partial charge >= 0.3 is 0 Å².